The normalized spacial score (nSPS) is 10.8. The number of alkyl halides is 3. The van der Waals surface area contributed by atoms with Gasteiger partial charge in [0.1, 0.15) is 0 Å². The Hall–Kier alpha value is -2.89. The molecule has 124 valence electrons. The van der Waals surface area contributed by atoms with Crippen LogP contribution < -0.4 is 0 Å². The van der Waals surface area contributed by atoms with Crippen LogP contribution in [0.15, 0.2) is 60.7 Å². The van der Waals surface area contributed by atoms with Crippen LogP contribution in [0.1, 0.15) is 5.56 Å². The van der Waals surface area contributed by atoms with Crippen LogP contribution in [0, 0.1) is 6.92 Å². The third-order valence-electron chi connectivity index (χ3n) is 3.19. The first-order valence-corrected chi connectivity index (χ1v) is 7.00. The van der Waals surface area contributed by atoms with Crippen LogP contribution in [0.5, 0.6) is 0 Å². The molecule has 0 bridgehead atoms. The van der Waals surface area contributed by atoms with Gasteiger partial charge in [0.15, 0.2) is 0 Å². The van der Waals surface area contributed by atoms with E-state index in [-0.39, 0.29) is 0 Å². The van der Waals surface area contributed by atoms with Gasteiger partial charge in [-0.3, -0.25) is 0 Å². The second kappa shape index (κ2) is 7.12. The smallest absolute Gasteiger partial charge is 0.475 e. The van der Waals surface area contributed by atoms with Gasteiger partial charge in [0.2, 0.25) is 0 Å². The molecule has 0 atom stereocenters. The first-order valence-electron chi connectivity index (χ1n) is 7.00. The number of para-hydroxylation sites is 1. The Balaban J connectivity index is 0.000000256. The minimum atomic E-state index is -5.08. The summed E-state index contributed by atoms with van der Waals surface area (Å²) in [6.45, 7) is 2.09. The Labute approximate surface area is 136 Å². The maximum absolute atomic E-state index is 10.6. The fourth-order valence-corrected chi connectivity index (χ4v) is 1.95. The zero-order chi connectivity index (χ0) is 17.7. The van der Waals surface area contributed by atoms with Crippen LogP contribution in [-0.4, -0.2) is 22.2 Å². The minimum absolute atomic E-state index is 1.03. The van der Waals surface area contributed by atoms with E-state index in [0.29, 0.717) is 0 Å². The zero-order valence-electron chi connectivity index (χ0n) is 12.7. The number of benzene rings is 2. The molecule has 3 rings (SSSR count). The topological polar surface area (TPSA) is 50.2 Å². The molecule has 6 heteroatoms. The Morgan fingerprint density at radius 1 is 0.958 bits per heavy atom. The Bertz CT molecular complexity index is 843. The van der Waals surface area contributed by atoms with E-state index in [2.05, 4.69) is 54.4 Å². The molecule has 0 amide bonds. The first kappa shape index (κ1) is 17.5. The number of fused-ring (bicyclic) bond motifs is 1. The summed E-state index contributed by atoms with van der Waals surface area (Å²) in [4.78, 5) is 13.6. The van der Waals surface area contributed by atoms with Gasteiger partial charge in [-0.05, 0) is 19.1 Å². The quantitative estimate of drug-likeness (QED) is 0.693. The number of carbonyl (C=O) groups is 1. The molecule has 24 heavy (non-hydrogen) atoms. The lowest BCUT2D eigenvalue weighted by molar-refractivity contribution is -0.192. The number of nitrogens with zero attached hydrogens (tertiary/aromatic N) is 1. The fraction of sp³-hybridized carbons (Fsp3) is 0.111. The molecule has 2 aromatic carbocycles. The van der Waals surface area contributed by atoms with Gasteiger partial charge >= 0.3 is 12.1 Å². The lowest BCUT2D eigenvalue weighted by Gasteiger charge is -2.03. The van der Waals surface area contributed by atoms with Gasteiger partial charge in [0, 0.05) is 10.9 Å². The van der Waals surface area contributed by atoms with E-state index in [9.17, 15) is 13.2 Å². The SMILES string of the molecule is Cc1ccc(-c2ccc3ccccc3n2)cc1.O=C(O)C(F)(F)F. The molecule has 0 unspecified atom stereocenters. The van der Waals surface area contributed by atoms with Crippen LogP contribution in [-0.2, 0) is 4.79 Å². The predicted molar refractivity (Wildman–Crippen MR) is 85.6 cm³/mol. The molecule has 3 aromatic rings. The number of rotatable bonds is 1. The predicted octanol–water partition coefficient (Wildman–Crippen LogP) is 4.84. The van der Waals surface area contributed by atoms with Crippen molar-refractivity contribution in [1.29, 1.82) is 0 Å². The van der Waals surface area contributed by atoms with Gasteiger partial charge in [-0.2, -0.15) is 13.2 Å². The largest absolute Gasteiger partial charge is 0.490 e. The molecule has 1 heterocycles. The van der Waals surface area contributed by atoms with Gasteiger partial charge < -0.3 is 5.11 Å². The number of halogens is 3. The summed E-state index contributed by atoms with van der Waals surface area (Å²) in [5.41, 5.74) is 4.52. The summed E-state index contributed by atoms with van der Waals surface area (Å²) in [5.74, 6) is -2.76. The third kappa shape index (κ3) is 4.55. The number of aryl methyl sites for hydroxylation is 1. The van der Waals surface area contributed by atoms with Gasteiger partial charge in [-0.1, -0.05) is 54.1 Å². The Morgan fingerprint density at radius 3 is 2.12 bits per heavy atom. The van der Waals surface area contributed by atoms with E-state index < -0.39 is 12.1 Å². The summed E-state index contributed by atoms with van der Waals surface area (Å²) in [5, 5.41) is 8.31. The van der Waals surface area contributed by atoms with Gasteiger partial charge in [0.05, 0.1) is 11.2 Å². The molecular formula is C18H14F3NO2. The monoisotopic (exact) mass is 333 g/mol. The van der Waals surface area contributed by atoms with Crippen molar-refractivity contribution in [2.45, 2.75) is 13.1 Å². The number of carboxylic acid groups (broad SMARTS) is 1. The van der Waals surface area contributed by atoms with E-state index >= 15 is 0 Å². The van der Waals surface area contributed by atoms with Crippen molar-refractivity contribution in [1.82, 2.24) is 4.98 Å². The molecule has 1 aromatic heterocycles. The maximum atomic E-state index is 10.6. The first-order chi connectivity index (χ1) is 11.3. The number of pyridine rings is 1. The van der Waals surface area contributed by atoms with E-state index in [1.807, 2.05) is 18.2 Å². The average molecular weight is 333 g/mol. The molecule has 0 spiro atoms. The minimum Gasteiger partial charge on any atom is -0.475 e. The summed E-state index contributed by atoms with van der Waals surface area (Å²) in [6.07, 6.45) is -5.08. The average Bonchev–Trinajstić information content (AvgIpc) is 2.55. The number of aromatic nitrogens is 1. The molecule has 0 saturated heterocycles. The number of hydrogen-bond donors (Lipinski definition) is 1. The highest BCUT2D eigenvalue weighted by Crippen LogP contribution is 2.21. The lowest BCUT2D eigenvalue weighted by atomic mass is 10.1. The van der Waals surface area contributed by atoms with Crippen molar-refractivity contribution in [2.24, 2.45) is 0 Å². The lowest BCUT2D eigenvalue weighted by Crippen LogP contribution is -2.21. The molecular weight excluding hydrogens is 319 g/mol. The van der Waals surface area contributed by atoms with Crippen molar-refractivity contribution < 1.29 is 23.1 Å². The van der Waals surface area contributed by atoms with Crippen LogP contribution in [0.3, 0.4) is 0 Å². The van der Waals surface area contributed by atoms with Crippen molar-refractivity contribution in [2.75, 3.05) is 0 Å². The number of hydrogen-bond acceptors (Lipinski definition) is 2. The molecule has 1 N–H and O–H groups in total. The number of aliphatic carboxylic acids is 1. The Kier molecular flexibility index (Phi) is 5.18. The maximum Gasteiger partial charge on any atom is 0.490 e. The summed E-state index contributed by atoms with van der Waals surface area (Å²) < 4.78 is 31.7. The summed E-state index contributed by atoms with van der Waals surface area (Å²) >= 11 is 0. The Morgan fingerprint density at radius 2 is 1.54 bits per heavy atom. The van der Waals surface area contributed by atoms with Crippen molar-refractivity contribution in [3.63, 3.8) is 0 Å². The summed E-state index contributed by atoms with van der Waals surface area (Å²) in [6, 6.07) is 20.9. The molecule has 0 saturated carbocycles. The third-order valence-corrected chi connectivity index (χ3v) is 3.19. The van der Waals surface area contributed by atoms with Crippen LogP contribution in [0.4, 0.5) is 13.2 Å². The second-order valence-electron chi connectivity index (χ2n) is 5.06. The fourth-order valence-electron chi connectivity index (χ4n) is 1.95. The number of carboxylic acids is 1. The molecule has 0 aliphatic carbocycles. The van der Waals surface area contributed by atoms with Crippen molar-refractivity contribution >= 4 is 16.9 Å². The van der Waals surface area contributed by atoms with Crippen molar-refractivity contribution in [3.8, 4) is 11.3 Å². The van der Waals surface area contributed by atoms with E-state index in [4.69, 9.17) is 9.90 Å². The van der Waals surface area contributed by atoms with Crippen LogP contribution in [0.25, 0.3) is 22.2 Å². The summed E-state index contributed by atoms with van der Waals surface area (Å²) in [7, 11) is 0. The second-order valence-corrected chi connectivity index (χ2v) is 5.06. The molecule has 0 aliphatic heterocycles. The molecule has 0 fully saturated rings. The van der Waals surface area contributed by atoms with Gasteiger partial charge in [-0.15, -0.1) is 0 Å². The molecule has 3 nitrogen and oxygen atoms in total. The zero-order valence-corrected chi connectivity index (χ0v) is 12.7. The van der Waals surface area contributed by atoms with Crippen LogP contribution >= 0.6 is 0 Å². The highest BCUT2D eigenvalue weighted by molar-refractivity contribution is 5.81. The van der Waals surface area contributed by atoms with E-state index in [1.54, 1.807) is 0 Å². The van der Waals surface area contributed by atoms with Crippen molar-refractivity contribution in [3.05, 3.63) is 66.2 Å². The van der Waals surface area contributed by atoms with Gasteiger partial charge in [0.25, 0.3) is 0 Å². The molecule has 0 aliphatic rings. The standard InChI is InChI=1S/C16H13N.C2HF3O2/c1-12-6-8-14(9-7-12)16-11-10-13-4-2-3-5-15(13)17-16;3-2(4,5)1(6)7/h2-11H,1H3;(H,6,7). The van der Waals surface area contributed by atoms with Gasteiger partial charge in [-0.25, -0.2) is 9.78 Å². The van der Waals surface area contributed by atoms with Crippen LogP contribution in [0.2, 0.25) is 0 Å². The highest BCUT2D eigenvalue weighted by atomic mass is 19.4. The molecule has 0 radical (unpaired) electrons. The highest BCUT2D eigenvalue weighted by Gasteiger charge is 2.38. The van der Waals surface area contributed by atoms with E-state index in [1.165, 1.54) is 16.5 Å². The van der Waals surface area contributed by atoms with E-state index in [0.717, 1.165) is 11.2 Å².